The molecule has 3 aromatic carbocycles. The van der Waals surface area contributed by atoms with Gasteiger partial charge < -0.3 is 34.5 Å². The molecular formula is C28H26FN3O7. The van der Waals surface area contributed by atoms with Crippen LogP contribution in [0.4, 0.5) is 15.8 Å². The van der Waals surface area contributed by atoms with Crippen LogP contribution in [0.2, 0.25) is 0 Å². The van der Waals surface area contributed by atoms with Crippen LogP contribution in [0, 0.1) is 5.82 Å². The molecule has 3 N–H and O–H groups in total. The maximum absolute atomic E-state index is 14.4. The summed E-state index contributed by atoms with van der Waals surface area (Å²) >= 11 is 0. The molecule has 0 radical (unpaired) electrons. The summed E-state index contributed by atoms with van der Waals surface area (Å²) in [6.45, 7) is -0.0655. The van der Waals surface area contributed by atoms with Gasteiger partial charge in [-0.1, -0.05) is 0 Å². The number of carbonyl (C=O) groups excluding carboxylic acids is 1. The van der Waals surface area contributed by atoms with Gasteiger partial charge in [0.25, 0.3) is 11.5 Å². The Balaban J connectivity index is 1.92. The Labute approximate surface area is 222 Å². The summed E-state index contributed by atoms with van der Waals surface area (Å²) in [5, 5.41) is 12.3. The van der Waals surface area contributed by atoms with Crippen molar-refractivity contribution in [2.75, 3.05) is 38.6 Å². The number of nitrogens with one attached hydrogen (secondary N) is 2. The zero-order valence-corrected chi connectivity index (χ0v) is 21.6. The zero-order chi connectivity index (χ0) is 28.3. The second kappa shape index (κ2) is 11.1. The molecule has 0 bridgehead atoms. The van der Waals surface area contributed by atoms with Gasteiger partial charge >= 0.3 is 5.97 Å². The van der Waals surface area contributed by atoms with Gasteiger partial charge in [0.1, 0.15) is 28.6 Å². The lowest BCUT2D eigenvalue weighted by atomic mass is 10.1. The van der Waals surface area contributed by atoms with Gasteiger partial charge in [-0.3, -0.25) is 9.59 Å². The number of H-pyrrole nitrogens is 1. The molecule has 1 aromatic heterocycles. The molecule has 4 rings (SSSR count). The number of hydrogen-bond donors (Lipinski definition) is 3. The third-order valence-corrected chi connectivity index (χ3v) is 6.22. The molecule has 39 heavy (non-hydrogen) atoms. The van der Waals surface area contributed by atoms with E-state index in [1.54, 1.807) is 25.2 Å². The summed E-state index contributed by atoms with van der Waals surface area (Å²) in [4.78, 5) is 42.8. The van der Waals surface area contributed by atoms with Crippen molar-refractivity contribution in [1.82, 2.24) is 4.98 Å². The van der Waals surface area contributed by atoms with Gasteiger partial charge in [-0.2, -0.15) is 0 Å². The molecule has 10 nitrogen and oxygen atoms in total. The van der Waals surface area contributed by atoms with Gasteiger partial charge in [-0.15, -0.1) is 0 Å². The monoisotopic (exact) mass is 535 g/mol. The smallest absolute Gasteiger partial charge is 0.335 e. The first-order valence-corrected chi connectivity index (χ1v) is 11.7. The molecule has 0 aliphatic rings. The lowest BCUT2D eigenvalue weighted by Gasteiger charge is -2.25. The molecule has 0 unspecified atom stereocenters. The number of rotatable bonds is 9. The number of methoxy groups -OCH3 is 3. The third kappa shape index (κ3) is 5.19. The molecule has 4 aromatic rings. The molecule has 0 saturated heterocycles. The van der Waals surface area contributed by atoms with Crippen molar-refractivity contribution < 1.29 is 33.3 Å². The van der Waals surface area contributed by atoms with E-state index >= 15 is 0 Å². The molecule has 0 fully saturated rings. The summed E-state index contributed by atoms with van der Waals surface area (Å²) in [6, 6.07) is 13.0. The average molecular weight is 536 g/mol. The number of halogens is 1. The van der Waals surface area contributed by atoms with E-state index in [0.717, 1.165) is 0 Å². The number of carboxylic acid groups (broad SMARTS) is 1. The highest BCUT2D eigenvalue weighted by molar-refractivity contribution is 6.11. The summed E-state index contributed by atoms with van der Waals surface area (Å²) < 4.78 is 30.7. The molecule has 0 spiro atoms. The largest absolute Gasteiger partial charge is 0.497 e. The number of fused-ring (bicyclic) bond motifs is 1. The fourth-order valence-corrected chi connectivity index (χ4v) is 4.29. The fraction of sp³-hybridized carbons (Fsp3) is 0.179. The van der Waals surface area contributed by atoms with E-state index in [9.17, 15) is 23.9 Å². The van der Waals surface area contributed by atoms with Gasteiger partial charge in [-0.25, -0.2) is 9.18 Å². The van der Waals surface area contributed by atoms with E-state index in [-0.39, 0.29) is 34.3 Å². The number of carboxylic acids is 1. The number of benzene rings is 3. The van der Waals surface area contributed by atoms with Crippen LogP contribution in [-0.4, -0.2) is 50.3 Å². The summed E-state index contributed by atoms with van der Waals surface area (Å²) in [6.07, 6.45) is 0. The fourth-order valence-electron chi connectivity index (χ4n) is 4.29. The summed E-state index contributed by atoms with van der Waals surface area (Å²) in [5.41, 5.74) is 0.376. The number of nitrogens with zero attached hydrogens (tertiary/aromatic N) is 1. The molecule has 0 saturated carbocycles. The zero-order valence-electron chi connectivity index (χ0n) is 21.6. The van der Waals surface area contributed by atoms with Crippen LogP contribution in [0.15, 0.2) is 59.4 Å². The van der Waals surface area contributed by atoms with Crippen molar-refractivity contribution in [2.24, 2.45) is 0 Å². The van der Waals surface area contributed by atoms with E-state index in [4.69, 9.17) is 14.2 Å². The number of carbonyl (C=O) groups is 2. The molecular weight excluding hydrogens is 509 g/mol. The number of anilines is 2. The van der Waals surface area contributed by atoms with E-state index in [0.29, 0.717) is 28.4 Å². The number of aromatic amines is 1. The molecule has 11 heteroatoms. The van der Waals surface area contributed by atoms with E-state index in [1.165, 1.54) is 62.6 Å². The predicted octanol–water partition coefficient (Wildman–Crippen LogP) is 4.28. The molecule has 0 aliphatic carbocycles. The predicted molar refractivity (Wildman–Crippen MR) is 144 cm³/mol. The van der Waals surface area contributed by atoms with Crippen LogP contribution in [0.3, 0.4) is 0 Å². The van der Waals surface area contributed by atoms with E-state index < -0.39 is 23.3 Å². The number of aromatic nitrogens is 1. The van der Waals surface area contributed by atoms with Crippen molar-refractivity contribution in [3.63, 3.8) is 0 Å². The molecule has 0 aliphatic heterocycles. The van der Waals surface area contributed by atoms with Crippen molar-refractivity contribution in [2.45, 2.75) is 6.54 Å². The second-order valence-corrected chi connectivity index (χ2v) is 8.41. The Morgan fingerprint density at radius 1 is 1.00 bits per heavy atom. The van der Waals surface area contributed by atoms with Gasteiger partial charge in [0, 0.05) is 29.8 Å². The van der Waals surface area contributed by atoms with Crippen LogP contribution in [0.5, 0.6) is 17.2 Å². The standard InChI is InChI=1S/C28H26FN3O7/c1-30-21-12-17(29)11-20-24(21)31-26(33)23(25(20)39-4)27(34)32(18-8-5-15(6-9-18)28(35)36)14-16-7-10-19(37-2)13-22(16)38-3/h5-13,30H,14H2,1-4H3,(H,31,33)(H,35,36). The van der Waals surface area contributed by atoms with Crippen LogP contribution < -0.4 is 30.0 Å². The highest BCUT2D eigenvalue weighted by Crippen LogP contribution is 2.34. The van der Waals surface area contributed by atoms with Crippen LogP contribution in [0.25, 0.3) is 10.9 Å². The molecule has 0 atom stereocenters. The highest BCUT2D eigenvalue weighted by Gasteiger charge is 2.28. The van der Waals surface area contributed by atoms with Gasteiger partial charge in [0.05, 0.1) is 44.6 Å². The van der Waals surface area contributed by atoms with Gasteiger partial charge in [-0.05, 0) is 48.5 Å². The minimum absolute atomic E-state index is 0.0179. The minimum atomic E-state index is -1.13. The molecule has 1 amide bonds. The second-order valence-electron chi connectivity index (χ2n) is 8.41. The molecule has 1 heterocycles. The lowest BCUT2D eigenvalue weighted by molar-refractivity contribution is 0.0696. The first-order chi connectivity index (χ1) is 18.7. The van der Waals surface area contributed by atoms with E-state index in [1.807, 2.05) is 0 Å². The van der Waals surface area contributed by atoms with Crippen molar-refractivity contribution in [3.05, 3.63) is 87.5 Å². The van der Waals surface area contributed by atoms with Crippen molar-refractivity contribution in [3.8, 4) is 17.2 Å². The maximum Gasteiger partial charge on any atom is 0.335 e. The number of pyridine rings is 1. The normalized spacial score (nSPS) is 10.7. The van der Waals surface area contributed by atoms with Gasteiger partial charge in [0.15, 0.2) is 0 Å². The van der Waals surface area contributed by atoms with Crippen LogP contribution >= 0.6 is 0 Å². The lowest BCUT2D eigenvalue weighted by Crippen LogP contribution is -2.35. The quantitative estimate of drug-likeness (QED) is 0.290. The molecule has 202 valence electrons. The Bertz CT molecular complexity index is 1620. The van der Waals surface area contributed by atoms with Gasteiger partial charge in [0.2, 0.25) is 0 Å². The first kappa shape index (κ1) is 27.0. The highest BCUT2D eigenvalue weighted by atomic mass is 19.1. The van der Waals surface area contributed by atoms with Crippen LogP contribution in [-0.2, 0) is 6.54 Å². The number of aromatic carboxylic acids is 1. The van der Waals surface area contributed by atoms with Crippen LogP contribution in [0.1, 0.15) is 26.3 Å². The Morgan fingerprint density at radius 2 is 1.72 bits per heavy atom. The first-order valence-electron chi connectivity index (χ1n) is 11.7. The summed E-state index contributed by atoms with van der Waals surface area (Å²) in [7, 11) is 5.84. The van der Waals surface area contributed by atoms with E-state index in [2.05, 4.69) is 10.3 Å². The van der Waals surface area contributed by atoms with Crippen molar-refractivity contribution in [1.29, 1.82) is 0 Å². The third-order valence-electron chi connectivity index (χ3n) is 6.22. The Hall–Kier alpha value is -5.06. The van der Waals surface area contributed by atoms with Crippen molar-refractivity contribution >= 4 is 34.2 Å². The minimum Gasteiger partial charge on any atom is -0.497 e. The summed E-state index contributed by atoms with van der Waals surface area (Å²) in [5.74, 6) is -1.63. The number of ether oxygens (including phenoxy) is 3. The topological polar surface area (TPSA) is 130 Å². The average Bonchev–Trinajstić information content (AvgIpc) is 2.94. The Kier molecular flexibility index (Phi) is 7.70. The number of hydrogen-bond acceptors (Lipinski definition) is 7. The Morgan fingerprint density at radius 3 is 2.31 bits per heavy atom. The number of amides is 1. The maximum atomic E-state index is 14.4. The SMILES string of the molecule is CNc1cc(F)cc2c(OC)c(C(=O)N(Cc3ccc(OC)cc3OC)c3ccc(C(=O)O)cc3)c(=O)[nH]c12.